The van der Waals surface area contributed by atoms with E-state index in [-0.39, 0.29) is 6.10 Å². The van der Waals surface area contributed by atoms with Crippen LogP contribution in [0, 0.1) is 0 Å². The Kier molecular flexibility index (Phi) is 3.97. The molecule has 2 atom stereocenters. The van der Waals surface area contributed by atoms with Gasteiger partial charge in [-0.15, -0.1) is 11.6 Å². The second kappa shape index (κ2) is 5.46. The lowest BCUT2D eigenvalue weighted by Gasteiger charge is -2.26. The quantitative estimate of drug-likeness (QED) is 0.598. The SMILES string of the molecule is O=CC1CC(c2ccc(CCl)cc2)CCO1. The van der Waals surface area contributed by atoms with Gasteiger partial charge in [0.05, 0.1) is 0 Å². The second-order valence-corrected chi connectivity index (χ2v) is 4.41. The number of ether oxygens (including phenoxy) is 1. The van der Waals surface area contributed by atoms with E-state index in [0.29, 0.717) is 18.4 Å². The Bertz CT molecular complexity index is 347. The third kappa shape index (κ3) is 2.63. The fraction of sp³-hybridized carbons (Fsp3) is 0.462. The van der Waals surface area contributed by atoms with Gasteiger partial charge >= 0.3 is 0 Å². The van der Waals surface area contributed by atoms with E-state index >= 15 is 0 Å². The van der Waals surface area contributed by atoms with E-state index in [1.807, 2.05) is 12.1 Å². The summed E-state index contributed by atoms with van der Waals surface area (Å²) in [6.07, 6.45) is 2.46. The van der Waals surface area contributed by atoms with Crippen LogP contribution in [-0.2, 0) is 15.4 Å². The number of hydrogen-bond acceptors (Lipinski definition) is 2. The fourth-order valence-electron chi connectivity index (χ4n) is 2.10. The fourth-order valence-corrected chi connectivity index (χ4v) is 2.28. The molecule has 1 fully saturated rings. The van der Waals surface area contributed by atoms with Gasteiger partial charge in [-0.05, 0) is 29.9 Å². The van der Waals surface area contributed by atoms with Crippen molar-refractivity contribution in [3.8, 4) is 0 Å². The Balaban J connectivity index is 2.07. The molecule has 16 heavy (non-hydrogen) atoms. The monoisotopic (exact) mass is 238 g/mol. The van der Waals surface area contributed by atoms with Crippen molar-refractivity contribution in [1.29, 1.82) is 0 Å². The predicted octanol–water partition coefficient (Wildman–Crippen LogP) is 2.89. The van der Waals surface area contributed by atoms with Gasteiger partial charge in [0.2, 0.25) is 0 Å². The van der Waals surface area contributed by atoms with E-state index in [0.717, 1.165) is 24.7 Å². The van der Waals surface area contributed by atoms with E-state index in [9.17, 15) is 4.79 Å². The minimum atomic E-state index is -0.230. The Hall–Kier alpha value is -0.860. The molecule has 0 aromatic heterocycles. The van der Waals surface area contributed by atoms with Crippen molar-refractivity contribution in [2.24, 2.45) is 0 Å². The highest BCUT2D eigenvalue weighted by atomic mass is 35.5. The highest BCUT2D eigenvalue weighted by Gasteiger charge is 2.23. The first-order valence-corrected chi connectivity index (χ1v) is 6.08. The van der Waals surface area contributed by atoms with E-state index in [1.165, 1.54) is 5.56 Å². The zero-order valence-electron chi connectivity index (χ0n) is 9.06. The number of rotatable bonds is 3. The number of halogens is 1. The second-order valence-electron chi connectivity index (χ2n) is 4.14. The first-order chi connectivity index (χ1) is 7.83. The van der Waals surface area contributed by atoms with Gasteiger partial charge in [-0.2, -0.15) is 0 Å². The summed E-state index contributed by atoms with van der Waals surface area (Å²) in [5.74, 6) is 0.985. The zero-order chi connectivity index (χ0) is 11.4. The van der Waals surface area contributed by atoms with Crippen LogP contribution in [0.5, 0.6) is 0 Å². The van der Waals surface area contributed by atoms with Crippen molar-refractivity contribution >= 4 is 17.9 Å². The van der Waals surface area contributed by atoms with Crippen LogP contribution in [-0.4, -0.2) is 19.0 Å². The van der Waals surface area contributed by atoms with Crippen LogP contribution in [0.4, 0.5) is 0 Å². The van der Waals surface area contributed by atoms with Crippen LogP contribution in [0.2, 0.25) is 0 Å². The van der Waals surface area contributed by atoms with Gasteiger partial charge in [-0.1, -0.05) is 24.3 Å². The summed E-state index contributed by atoms with van der Waals surface area (Å²) in [5.41, 5.74) is 2.41. The molecule has 1 saturated heterocycles. The molecule has 86 valence electrons. The maximum absolute atomic E-state index is 10.7. The number of carbonyl (C=O) groups is 1. The van der Waals surface area contributed by atoms with E-state index in [2.05, 4.69) is 12.1 Å². The highest BCUT2D eigenvalue weighted by Crippen LogP contribution is 2.29. The van der Waals surface area contributed by atoms with Crippen molar-refractivity contribution in [2.75, 3.05) is 6.61 Å². The van der Waals surface area contributed by atoms with Crippen LogP contribution in [0.25, 0.3) is 0 Å². The van der Waals surface area contributed by atoms with Crippen LogP contribution in [0.15, 0.2) is 24.3 Å². The Morgan fingerprint density at radius 2 is 2.12 bits per heavy atom. The Morgan fingerprint density at radius 1 is 1.38 bits per heavy atom. The molecule has 0 spiro atoms. The summed E-state index contributed by atoms with van der Waals surface area (Å²) in [6, 6.07) is 8.31. The minimum Gasteiger partial charge on any atom is -0.371 e. The molecule has 1 aromatic rings. The summed E-state index contributed by atoms with van der Waals surface area (Å²) in [4.78, 5) is 10.7. The maximum Gasteiger partial charge on any atom is 0.148 e. The van der Waals surface area contributed by atoms with Gasteiger partial charge in [0.25, 0.3) is 0 Å². The lowest BCUT2D eigenvalue weighted by Crippen LogP contribution is -2.25. The molecular formula is C13H15ClO2. The van der Waals surface area contributed by atoms with Crippen LogP contribution < -0.4 is 0 Å². The molecule has 2 nitrogen and oxygen atoms in total. The van der Waals surface area contributed by atoms with Crippen molar-refractivity contribution < 1.29 is 9.53 Å². The van der Waals surface area contributed by atoms with Gasteiger partial charge in [0.1, 0.15) is 12.4 Å². The van der Waals surface area contributed by atoms with Crippen molar-refractivity contribution in [3.63, 3.8) is 0 Å². The average Bonchev–Trinajstić information content (AvgIpc) is 2.39. The van der Waals surface area contributed by atoms with E-state index < -0.39 is 0 Å². The number of carbonyl (C=O) groups excluding carboxylic acids is 1. The average molecular weight is 239 g/mol. The summed E-state index contributed by atoms with van der Waals surface area (Å²) in [6.45, 7) is 0.672. The molecule has 0 amide bonds. The molecule has 1 aromatic carbocycles. The molecule has 1 aliphatic rings. The minimum absolute atomic E-state index is 0.230. The summed E-state index contributed by atoms with van der Waals surface area (Å²) in [7, 11) is 0. The number of benzene rings is 1. The van der Waals surface area contributed by atoms with Crippen molar-refractivity contribution in [2.45, 2.75) is 30.7 Å². The first-order valence-electron chi connectivity index (χ1n) is 5.55. The standard InChI is InChI=1S/C13H15ClO2/c14-8-10-1-3-11(4-2-10)12-5-6-16-13(7-12)9-15/h1-4,9,12-13H,5-8H2. The third-order valence-electron chi connectivity index (χ3n) is 3.07. The molecule has 2 unspecified atom stereocenters. The van der Waals surface area contributed by atoms with Crippen LogP contribution in [0.3, 0.4) is 0 Å². The maximum atomic E-state index is 10.7. The van der Waals surface area contributed by atoms with Gasteiger partial charge in [0.15, 0.2) is 0 Å². The van der Waals surface area contributed by atoms with Gasteiger partial charge in [0, 0.05) is 12.5 Å². The molecule has 1 heterocycles. The Morgan fingerprint density at radius 3 is 2.75 bits per heavy atom. The number of hydrogen-bond donors (Lipinski definition) is 0. The predicted molar refractivity (Wildman–Crippen MR) is 63.8 cm³/mol. The van der Waals surface area contributed by atoms with Crippen LogP contribution in [0.1, 0.15) is 29.9 Å². The highest BCUT2D eigenvalue weighted by molar-refractivity contribution is 6.17. The summed E-state index contributed by atoms with van der Waals surface area (Å²) in [5, 5.41) is 0. The largest absolute Gasteiger partial charge is 0.371 e. The van der Waals surface area contributed by atoms with E-state index in [1.54, 1.807) is 0 Å². The van der Waals surface area contributed by atoms with Crippen molar-refractivity contribution in [3.05, 3.63) is 35.4 Å². The number of aldehydes is 1. The van der Waals surface area contributed by atoms with Gasteiger partial charge in [-0.25, -0.2) is 0 Å². The smallest absolute Gasteiger partial charge is 0.148 e. The van der Waals surface area contributed by atoms with Crippen LogP contribution >= 0.6 is 11.6 Å². The molecule has 0 bridgehead atoms. The molecule has 2 rings (SSSR count). The third-order valence-corrected chi connectivity index (χ3v) is 3.38. The molecule has 0 N–H and O–H groups in total. The molecule has 3 heteroatoms. The summed E-state index contributed by atoms with van der Waals surface area (Å²) < 4.78 is 5.33. The molecule has 0 aliphatic carbocycles. The lowest BCUT2D eigenvalue weighted by atomic mass is 9.88. The van der Waals surface area contributed by atoms with Gasteiger partial charge < -0.3 is 9.53 Å². The Labute approximate surface area is 101 Å². The van der Waals surface area contributed by atoms with Gasteiger partial charge in [-0.3, -0.25) is 0 Å². The normalized spacial score (nSPS) is 25.3. The molecular weight excluding hydrogens is 224 g/mol. The number of alkyl halides is 1. The first kappa shape index (κ1) is 11.6. The lowest BCUT2D eigenvalue weighted by molar-refractivity contribution is -0.121. The zero-order valence-corrected chi connectivity index (χ0v) is 9.82. The van der Waals surface area contributed by atoms with E-state index in [4.69, 9.17) is 16.3 Å². The topological polar surface area (TPSA) is 26.3 Å². The molecule has 0 saturated carbocycles. The molecule has 0 radical (unpaired) electrons. The summed E-state index contributed by atoms with van der Waals surface area (Å²) >= 11 is 5.74. The molecule has 1 aliphatic heterocycles. The van der Waals surface area contributed by atoms with Crippen molar-refractivity contribution in [1.82, 2.24) is 0 Å².